The van der Waals surface area contributed by atoms with E-state index in [1.807, 2.05) is 6.92 Å². The number of carbonyl (C=O) groups excluding carboxylic acids is 1. The van der Waals surface area contributed by atoms with Gasteiger partial charge in [-0.25, -0.2) is 0 Å². The lowest BCUT2D eigenvalue weighted by Crippen LogP contribution is -2.22. The third-order valence-corrected chi connectivity index (χ3v) is 3.30. The fourth-order valence-corrected chi connectivity index (χ4v) is 2.03. The third-order valence-electron chi connectivity index (χ3n) is 3.30. The highest BCUT2D eigenvalue weighted by Crippen LogP contribution is 2.28. The van der Waals surface area contributed by atoms with E-state index in [1.165, 1.54) is 6.07 Å². The topological polar surface area (TPSA) is 102 Å². The number of hydrogen-bond donors (Lipinski definition) is 2. The van der Waals surface area contributed by atoms with Gasteiger partial charge >= 0.3 is 0 Å². The SMILES string of the molecule is CCCCC(=O)NCc1ccc([N+](=O)[O-])c(C(C)OCO)c1. The summed E-state index contributed by atoms with van der Waals surface area (Å²) >= 11 is 0. The van der Waals surface area contributed by atoms with Gasteiger partial charge in [0.15, 0.2) is 0 Å². The van der Waals surface area contributed by atoms with Gasteiger partial charge in [0, 0.05) is 19.0 Å². The summed E-state index contributed by atoms with van der Waals surface area (Å²) in [5.74, 6) is -0.0404. The zero-order valence-electron chi connectivity index (χ0n) is 12.9. The summed E-state index contributed by atoms with van der Waals surface area (Å²) in [6.45, 7) is 3.43. The fraction of sp³-hybridized carbons (Fsp3) is 0.533. The molecule has 0 aromatic heterocycles. The zero-order chi connectivity index (χ0) is 16.5. The molecule has 122 valence electrons. The number of nitro groups is 1. The Bertz CT molecular complexity index is 519. The average molecular weight is 310 g/mol. The van der Waals surface area contributed by atoms with E-state index in [9.17, 15) is 14.9 Å². The molecule has 0 saturated heterocycles. The van der Waals surface area contributed by atoms with E-state index >= 15 is 0 Å². The molecule has 1 aromatic carbocycles. The van der Waals surface area contributed by atoms with Crippen LogP contribution in [0.4, 0.5) is 5.69 Å². The molecule has 1 amide bonds. The van der Waals surface area contributed by atoms with Crippen LogP contribution in [0.25, 0.3) is 0 Å². The van der Waals surface area contributed by atoms with Crippen LogP contribution in [0.2, 0.25) is 0 Å². The van der Waals surface area contributed by atoms with Crippen molar-refractivity contribution >= 4 is 11.6 Å². The number of unbranched alkanes of at least 4 members (excludes halogenated alkanes) is 1. The Hall–Kier alpha value is -1.99. The van der Waals surface area contributed by atoms with E-state index in [4.69, 9.17) is 9.84 Å². The van der Waals surface area contributed by atoms with Gasteiger partial charge in [0.05, 0.1) is 16.6 Å². The summed E-state index contributed by atoms with van der Waals surface area (Å²) in [6.07, 6.45) is 1.64. The van der Waals surface area contributed by atoms with Gasteiger partial charge in [0.2, 0.25) is 5.91 Å². The number of hydrogen-bond acceptors (Lipinski definition) is 5. The lowest BCUT2D eigenvalue weighted by Gasteiger charge is -2.13. The molecule has 0 spiro atoms. The van der Waals surface area contributed by atoms with Crippen molar-refractivity contribution in [2.75, 3.05) is 6.79 Å². The quantitative estimate of drug-likeness (QED) is 0.414. The van der Waals surface area contributed by atoms with Crippen molar-refractivity contribution in [2.45, 2.75) is 45.8 Å². The second-order valence-electron chi connectivity index (χ2n) is 4.97. The molecule has 0 radical (unpaired) electrons. The molecule has 1 aromatic rings. The number of amides is 1. The summed E-state index contributed by atoms with van der Waals surface area (Å²) in [4.78, 5) is 22.1. The fourth-order valence-electron chi connectivity index (χ4n) is 2.03. The van der Waals surface area contributed by atoms with Crippen molar-refractivity contribution < 1.29 is 19.6 Å². The molecule has 0 bridgehead atoms. The molecule has 7 heteroatoms. The van der Waals surface area contributed by atoms with Gasteiger partial charge < -0.3 is 15.2 Å². The van der Waals surface area contributed by atoms with Crippen LogP contribution in [0.3, 0.4) is 0 Å². The summed E-state index contributed by atoms with van der Waals surface area (Å²) in [5.41, 5.74) is 1.06. The molecule has 0 aliphatic rings. The Morgan fingerprint density at radius 1 is 1.50 bits per heavy atom. The van der Waals surface area contributed by atoms with Gasteiger partial charge in [-0.15, -0.1) is 0 Å². The summed E-state index contributed by atoms with van der Waals surface area (Å²) in [6, 6.07) is 4.62. The number of nitrogens with zero attached hydrogens (tertiary/aromatic N) is 1. The van der Waals surface area contributed by atoms with E-state index in [0.717, 1.165) is 18.4 Å². The zero-order valence-corrected chi connectivity index (χ0v) is 12.9. The van der Waals surface area contributed by atoms with Gasteiger partial charge in [0.1, 0.15) is 6.79 Å². The van der Waals surface area contributed by atoms with Crippen LogP contribution in [0.5, 0.6) is 0 Å². The Labute approximate surface area is 129 Å². The van der Waals surface area contributed by atoms with E-state index in [2.05, 4.69) is 5.32 Å². The highest BCUT2D eigenvalue weighted by molar-refractivity contribution is 5.75. The molecule has 1 unspecified atom stereocenters. The first-order valence-electron chi connectivity index (χ1n) is 7.26. The van der Waals surface area contributed by atoms with Crippen LogP contribution in [-0.2, 0) is 16.1 Å². The summed E-state index contributed by atoms with van der Waals surface area (Å²) < 4.78 is 5.02. The number of carbonyl (C=O) groups is 1. The molecular formula is C15H22N2O5. The molecule has 1 atom stereocenters. The monoisotopic (exact) mass is 310 g/mol. The molecule has 7 nitrogen and oxygen atoms in total. The average Bonchev–Trinajstić information content (AvgIpc) is 2.50. The maximum absolute atomic E-state index is 11.6. The van der Waals surface area contributed by atoms with Gasteiger partial charge in [0.25, 0.3) is 5.69 Å². The number of nitro benzene ring substituents is 1. The van der Waals surface area contributed by atoms with Crippen LogP contribution < -0.4 is 5.32 Å². The first-order chi connectivity index (χ1) is 10.5. The minimum Gasteiger partial charge on any atom is -0.371 e. The normalized spacial score (nSPS) is 12.0. The molecule has 1 rings (SSSR count). The maximum atomic E-state index is 11.6. The van der Waals surface area contributed by atoms with Crippen LogP contribution >= 0.6 is 0 Å². The molecule has 0 aliphatic heterocycles. The lowest BCUT2D eigenvalue weighted by molar-refractivity contribution is -0.386. The van der Waals surface area contributed by atoms with Crippen molar-refractivity contribution in [3.63, 3.8) is 0 Å². The molecule has 0 saturated carbocycles. The predicted molar refractivity (Wildman–Crippen MR) is 81.1 cm³/mol. The Kier molecular flexibility index (Phi) is 7.48. The Balaban J connectivity index is 2.82. The van der Waals surface area contributed by atoms with Crippen LogP contribution in [-0.4, -0.2) is 22.7 Å². The first-order valence-corrected chi connectivity index (χ1v) is 7.26. The van der Waals surface area contributed by atoms with E-state index < -0.39 is 17.8 Å². The second-order valence-corrected chi connectivity index (χ2v) is 4.97. The van der Waals surface area contributed by atoms with E-state index in [1.54, 1.807) is 19.1 Å². The number of nitrogens with one attached hydrogen (secondary N) is 1. The Morgan fingerprint density at radius 3 is 2.82 bits per heavy atom. The number of aliphatic hydroxyl groups excluding tert-OH is 1. The Morgan fingerprint density at radius 2 is 2.23 bits per heavy atom. The largest absolute Gasteiger partial charge is 0.371 e. The maximum Gasteiger partial charge on any atom is 0.275 e. The van der Waals surface area contributed by atoms with Crippen molar-refractivity contribution in [2.24, 2.45) is 0 Å². The number of rotatable bonds is 9. The second kappa shape index (κ2) is 9.11. The minimum atomic E-state index is -0.610. The first kappa shape index (κ1) is 18.1. The molecule has 0 fully saturated rings. The van der Waals surface area contributed by atoms with Gasteiger partial charge in [-0.1, -0.05) is 19.4 Å². The molecule has 0 heterocycles. The molecule has 22 heavy (non-hydrogen) atoms. The summed E-state index contributed by atoms with van der Waals surface area (Å²) in [5, 5.41) is 22.6. The summed E-state index contributed by atoms with van der Waals surface area (Å²) in [7, 11) is 0. The van der Waals surface area contributed by atoms with Gasteiger partial charge in [-0.2, -0.15) is 0 Å². The van der Waals surface area contributed by atoms with Crippen LogP contribution in [0, 0.1) is 10.1 Å². The van der Waals surface area contributed by atoms with Crippen molar-refractivity contribution in [3.8, 4) is 0 Å². The van der Waals surface area contributed by atoms with E-state index in [0.29, 0.717) is 18.5 Å². The molecule has 2 N–H and O–H groups in total. The van der Waals surface area contributed by atoms with Crippen molar-refractivity contribution in [3.05, 3.63) is 39.4 Å². The highest BCUT2D eigenvalue weighted by Gasteiger charge is 2.20. The lowest BCUT2D eigenvalue weighted by atomic mass is 10.0. The molecule has 0 aliphatic carbocycles. The van der Waals surface area contributed by atoms with Gasteiger partial charge in [-0.05, 0) is 25.0 Å². The number of aliphatic hydroxyl groups is 1. The van der Waals surface area contributed by atoms with Gasteiger partial charge in [-0.3, -0.25) is 14.9 Å². The highest BCUT2D eigenvalue weighted by atomic mass is 16.6. The predicted octanol–water partition coefficient (Wildman–Crippen LogP) is 2.43. The van der Waals surface area contributed by atoms with Crippen LogP contribution in [0.1, 0.15) is 50.3 Å². The van der Waals surface area contributed by atoms with E-state index in [-0.39, 0.29) is 11.6 Å². The van der Waals surface area contributed by atoms with Crippen LogP contribution in [0.15, 0.2) is 18.2 Å². The standard InChI is InChI=1S/C15H22N2O5/c1-3-4-5-15(19)16-9-12-6-7-14(17(20)21)13(8-12)11(2)22-10-18/h6-8,11,18H,3-5,9-10H2,1-2H3,(H,16,19). The number of ether oxygens (including phenoxy) is 1. The number of benzene rings is 1. The third kappa shape index (κ3) is 5.42. The smallest absolute Gasteiger partial charge is 0.275 e. The minimum absolute atomic E-state index is 0.0404. The molecular weight excluding hydrogens is 288 g/mol. The van der Waals surface area contributed by atoms with Crippen molar-refractivity contribution in [1.29, 1.82) is 0 Å². The van der Waals surface area contributed by atoms with Crippen molar-refractivity contribution in [1.82, 2.24) is 5.32 Å².